The summed E-state index contributed by atoms with van der Waals surface area (Å²) < 4.78 is 13.5. The van der Waals surface area contributed by atoms with Crippen LogP contribution in [0.4, 0.5) is 4.39 Å². The van der Waals surface area contributed by atoms with Crippen LogP contribution in [0, 0.1) is 5.82 Å². The number of halogens is 1. The molecule has 120 valence electrons. The molecule has 3 rings (SSSR count). The van der Waals surface area contributed by atoms with Gasteiger partial charge in [0.25, 0.3) is 0 Å². The van der Waals surface area contributed by atoms with Gasteiger partial charge in [0.05, 0.1) is 6.54 Å². The molecule has 2 aliphatic rings. The van der Waals surface area contributed by atoms with E-state index in [9.17, 15) is 9.18 Å². The lowest BCUT2D eigenvalue weighted by atomic mass is 9.93. The van der Waals surface area contributed by atoms with E-state index in [-0.39, 0.29) is 17.8 Å². The van der Waals surface area contributed by atoms with Crippen molar-refractivity contribution in [2.45, 2.75) is 45.1 Å². The zero-order valence-electron chi connectivity index (χ0n) is 13.4. The van der Waals surface area contributed by atoms with E-state index in [1.165, 1.54) is 24.5 Å². The molecule has 2 aliphatic heterocycles. The van der Waals surface area contributed by atoms with Gasteiger partial charge in [-0.25, -0.2) is 4.39 Å². The summed E-state index contributed by atoms with van der Waals surface area (Å²) in [6.07, 6.45) is 5.60. The van der Waals surface area contributed by atoms with Gasteiger partial charge < -0.3 is 4.90 Å². The molecule has 0 aliphatic carbocycles. The predicted molar refractivity (Wildman–Crippen MR) is 85.1 cm³/mol. The smallest absolute Gasteiger partial charge is 0.236 e. The zero-order chi connectivity index (χ0) is 15.5. The Morgan fingerprint density at radius 2 is 1.91 bits per heavy atom. The van der Waals surface area contributed by atoms with E-state index in [1.807, 2.05) is 11.0 Å². The summed E-state index contributed by atoms with van der Waals surface area (Å²) in [5.74, 6) is 0.0416. The number of likely N-dealkylation sites (tertiary alicyclic amines) is 1. The lowest BCUT2D eigenvalue weighted by Gasteiger charge is -2.36. The second-order valence-corrected chi connectivity index (χ2v) is 6.53. The highest BCUT2D eigenvalue weighted by atomic mass is 19.1. The molecule has 1 aromatic rings. The van der Waals surface area contributed by atoms with Crippen molar-refractivity contribution in [2.24, 2.45) is 0 Å². The molecule has 1 amide bonds. The van der Waals surface area contributed by atoms with E-state index >= 15 is 0 Å². The third-order valence-corrected chi connectivity index (χ3v) is 5.07. The minimum atomic E-state index is -0.189. The molecule has 4 heteroatoms. The molecule has 0 radical (unpaired) electrons. The molecule has 0 unspecified atom stereocenters. The Kier molecular flexibility index (Phi) is 4.77. The maximum Gasteiger partial charge on any atom is 0.236 e. The average Bonchev–Trinajstić information content (AvgIpc) is 2.80. The fourth-order valence-electron chi connectivity index (χ4n) is 3.65. The highest BCUT2D eigenvalue weighted by Gasteiger charge is 2.27. The molecule has 0 aromatic heterocycles. The summed E-state index contributed by atoms with van der Waals surface area (Å²) in [4.78, 5) is 16.8. The number of hydrogen-bond donors (Lipinski definition) is 0. The molecule has 1 aromatic carbocycles. The summed E-state index contributed by atoms with van der Waals surface area (Å²) in [7, 11) is 0. The minimum Gasteiger partial charge on any atom is -0.342 e. The number of fused-ring (bicyclic) bond motifs is 1. The first-order chi connectivity index (χ1) is 10.6. The quantitative estimate of drug-likeness (QED) is 0.838. The van der Waals surface area contributed by atoms with Crippen molar-refractivity contribution >= 4 is 5.91 Å². The maximum absolute atomic E-state index is 13.5. The Morgan fingerprint density at radius 3 is 2.64 bits per heavy atom. The zero-order valence-corrected chi connectivity index (χ0v) is 13.4. The van der Waals surface area contributed by atoms with Gasteiger partial charge in [0.15, 0.2) is 0 Å². The van der Waals surface area contributed by atoms with E-state index in [1.54, 1.807) is 6.07 Å². The van der Waals surface area contributed by atoms with Gasteiger partial charge >= 0.3 is 0 Å². The van der Waals surface area contributed by atoms with Crippen LogP contribution in [-0.4, -0.2) is 41.9 Å². The highest BCUT2D eigenvalue weighted by molar-refractivity contribution is 5.78. The average molecular weight is 304 g/mol. The van der Waals surface area contributed by atoms with Crippen molar-refractivity contribution in [3.05, 3.63) is 35.1 Å². The fraction of sp³-hybridized carbons (Fsp3) is 0.611. The normalized spacial score (nSPS) is 23.0. The topological polar surface area (TPSA) is 23.6 Å². The molecular weight excluding hydrogens is 279 g/mol. The van der Waals surface area contributed by atoms with Crippen molar-refractivity contribution in [1.82, 2.24) is 9.80 Å². The van der Waals surface area contributed by atoms with Gasteiger partial charge in [0.1, 0.15) is 5.82 Å². The van der Waals surface area contributed by atoms with E-state index in [4.69, 9.17) is 0 Å². The van der Waals surface area contributed by atoms with Gasteiger partial charge in [-0.3, -0.25) is 9.69 Å². The molecule has 0 bridgehead atoms. The molecule has 0 saturated carbocycles. The lowest BCUT2D eigenvalue weighted by Crippen LogP contribution is -2.44. The van der Waals surface area contributed by atoms with Gasteiger partial charge in [0.2, 0.25) is 5.91 Å². The first kappa shape index (κ1) is 15.5. The van der Waals surface area contributed by atoms with Crippen molar-refractivity contribution in [3.8, 4) is 0 Å². The van der Waals surface area contributed by atoms with Crippen molar-refractivity contribution < 1.29 is 9.18 Å². The summed E-state index contributed by atoms with van der Waals surface area (Å²) in [6, 6.07) is 5.15. The number of benzene rings is 1. The summed E-state index contributed by atoms with van der Waals surface area (Å²) in [5, 5.41) is 0. The van der Waals surface area contributed by atoms with E-state index in [0.717, 1.165) is 44.5 Å². The number of nitrogens with zero attached hydrogens (tertiary/aromatic N) is 2. The van der Waals surface area contributed by atoms with E-state index in [0.29, 0.717) is 6.54 Å². The van der Waals surface area contributed by atoms with Crippen LogP contribution in [0.5, 0.6) is 0 Å². The van der Waals surface area contributed by atoms with Gasteiger partial charge in [-0.15, -0.1) is 0 Å². The van der Waals surface area contributed by atoms with Crippen LogP contribution in [0.3, 0.4) is 0 Å². The Labute approximate surface area is 132 Å². The predicted octanol–water partition coefficient (Wildman–Crippen LogP) is 3.15. The largest absolute Gasteiger partial charge is 0.342 e. The third kappa shape index (κ3) is 3.32. The van der Waals surface area contributed by atoms with Crippen LogP contribution < -0.4 is 0 Å². The molecule has 22 heavy (non-hydrogen) atoms. The molecular formula is C18H25FN2O. The van der Waals surface area contributed by atoms with Crippen molar-refractivity contribution in [2.75, 3.05) is 26.2 Å². The summed E-state index contributed by atoms with van der Waals surface area (Å²) in [6.45, 7) is 5.20. The summed E-state index contributed by atoms with van der Waals surface area (Å²) >= 11 is 0. The van der Waals surface area contributed by atoms with Crippen LogP contribution >= 0.6 is 0 Å². The minimum absolute atomic E-state index is 0.107. The lowest BCUT2D eigenvalue weighted by molar-refractivity contribution is -0.133. The van der Waals surface area contributed by atoms with Crippen LogP contribution in [0.25, 0.3) is 0 Å². The Balaban J connectivity index is 1.67. The van der Waals surface area contributed by atoms with E-state index in [2.05, 4.69) is 11.8 Å². The molecule has 1 atom stereocenters. The van der Waals surface area contributed by atoms with E-state index < -0.39 is 0 Å². The van der Waals surface area contributed by atoms with Gasteiger partial charge in [0, 0.05) is 25.7 Å². The number of carbonyl (C=O) groups is 1. The molecule has 0 N–H and O–H groups in total. The number of hydrogen-bond acceptors (Lipinski definition) is 2. The summed E-state index contributed by atoms with van der Waals surface area (Å²) in [5.41, 5.74) is 2.25. The Bertz CT molecular complexity index is 538. The SMILES string of the molecule is C[C@@H]1c2cc(F)ccc2CCN1CC(=O)N1CCCCCC1. The first-order valence-corrected chi connectivity index (χ1v) is 8.45. The second-order valence-electron chi connectivity index (χ2n) is 6.53. The second kappa shape index (κ2) is 6.78. The van der Waals surface area contributed by atoms with Crippen molar-refractivity contribution in [3.63, 3.8) is 0 Å². The number of amides is 1. The third-order valence-electron chi connectivity index (χ3n) is 5.07. The molecule has 2 heterocycles. The Hall–Kier alpha value is -1.42. The standard InChI is InChI=1S/C18H25FN2O/c1-14-17-12-16(19)7-6-15(17)8-11-21(14)13-18(22)20-9-4-2-3-5-10-20/h6-7,12,14H,2-5,8-11,13H2,1H3/t14-/m1/s1. The highest BCUT2D eigenvalue weighted by Crippen LogP contribution is 2.29. The molecule has 0 spiro atoms. The monoisotopic (exact) mass is 304 g/mol. The van der Waals surface area contributed by atoms with Gasteiger partial charge in [-0.2, -0.15) is 0 Å². The van der Waals surface area contributed by atoms with Crippen LogP contribution in [0.1, 0.15) is 49.8 Å². The maximum atomic E-state index is 13.5. The van der Waals surface area contributed by atoms with Crippen molar-refractivity contribution in [1.29, 1.82) is 0 Å². The van der Waals surface area contributed by atoms with Gasteiger partial charge in [-0.1, -0.05) is 18.9 Å². The molecule has 3 nitrogen and oxygen atoms in total. The van der Waals surface area contributed by atoms with Crippen LogP contribution in [0.2, 0.25) is 0 Å². The number of rotatable bonds is 2. The van der Waals surface area contributed by atoms with Crippen LogP contribution in [-0.2, 0) is 11.2 Å². The number of carbonyl (C=O) groups excluding carboxylic acids is 1. The Morgan fingerprint density at radius 1 is 1.18 bits per heavy atom. The molecule has 1 saturated heterocycles. The molecule has 1 fully saturated rings. The van der Waals surface area contributed by atoms with Gasteiger partial charge in [-0.05, 0) is 49.4 Å². The fourth-order valence-corrected chi connectivity index (χ4v) is 3.65. The first-order valence-electron chi connectivity index (χ1n) is 8.45. The van der Waals surface area contributed by atoms with Crippen LogP contribution in [0.15, 0.2) is 18.2 Å².